The summed E-state index contributed by atoms with van der Waals surface area (Å²) < 4.78 is 5.24. The predicted octanol–water partition coefficient (Wildman–Crippen LogP) is 4.47. The third kappa shape index (κ3) is 2.48. The van der Waals surface area contributed by atoms with Crippen molar-refractivity contribution in [3.63, 3.8) is 0 Å². The Morgan fingerprint density at radius 2 is 1.62 bits per heavy atom. The van der Waals surface area contributed by atoms with Crippen LogP contribution in [0.2, 0.25) is 0 Å². The lowest BCUT2D eigenvalue weighted by atomic mass is 10.0. The van der Waals surface area contributed by atoms with Crippen LogP contribution in [0.4, 0.5) is 17.1 Å². The first-order valence-electron chi connectivity index (χ1n) is 7.62. The van der Waals surface area contributed by atoms with E-state index in [2.05, 4.69) is 16.7 Å². The fraction of sp³-hybridized carbons (Fsp3) is 0.0500. The van der Waals surface area contributed by atoms with Gasteiger partial charge in [-0.2, -0.15) is 0 Å². The van der Waals surface area contributed by atoms with Gasteiger partial charge in [-0.25, -0.2) is 0 Å². The molecule has 0 bridgehead atoms. The largest absolute Gasteiger partial charge is 0.496 e. The summed E-state index contributed by atoms with van der Waals surface area (Å²) in [4.78, 5) is 12.4. The molecule has 24 heavy (non-hydrogen) atoms. The number of fused-ring (bicyclic) bond motifs is 2. The van der Waals surface area contributed by atoms with E-state index in [0.717, 1.165) is 28.2 Å². The Morgan fingerprint density at radius 1 is 0.875 bits per heavy atom. The van der Waals surface area contributed by atoms with Gasteiger partial charge in [-0.15, -0.1) is 0 Å². The monoisotopic (exact) mass is 315 g/mol. The molecule has 0 aromatic heterocycles. The highest BCUT2D eigenvalue weighted by molar-refractivity contribution is 6.12. The van der Waals surface area contributed by atoms with E-state index in [4.69, 9.17) is 4.74 Å². The summed E-state index contributed by atoms with van der Waals surface area (Å²) >= 11 is 0. The number of amides is 1. The molecule has 0 saturated heterocycles. The highest BCUT2D eigenvalue weighted by Crippen LogP contribution is 2.34. The molecular weight excluding hydrogens is 300 g/mol. The van der Waals surface area contributed by atoms with E-state index >= 15 is 0 Å². The molecule has 1 heterocycles. The molecule has 3 aromatic carbocycles. The number of hydrogen-bond acceptors (Lipinski definition) is 3. The molecule has 1 aliphatic heterocycles. The molecule has 4 rings (SSSR count). The Hall–Kier alpha value is -3.27. The first kappa shape index (κ1) is 14.3. The Labute approximate surface area is 140 Å². The lowest BCUT2D eigenvalue weighted by Crippen LogP contribution is -2.10. The molecule has 4 nitrogen and oxygen atoms in total. The van der Waals surface area contributed by atoms with Gasteiger partial charge in [0.05, 0.1) is 29.7 Å². The molecule has 2 N–H and O–H groups in total. The molecule has 1 aliphatic rings. The molecule has 4 heteroatoms. The standard InChI is InChI=1S/C20H15N2O2/c1-24-15-6-4-5-13(11-15)14-9-10-16-19(12-14)21-17-7-2-3-8-18(17)22-20(16)23/h2-5,7-12,21H,1H3,(H,22,23). The van der Waals surface area contributed by atoms with Crippen LogP contribution in [0.15, 0.2) is 60.7 Å². The van der Waals surface area contributed by atoms with Crippen molar-refractivity contribution in [2.45, 2.75) is 0 Å². The number of anilines is 3. The number of methoxy groups -OCH3 is 1. The van der Waals surface area contributed by atoms with Crippen molar-refractivity contribution in [3.8, 4) is 16.9 Å². The van der Waals surface area contributed by atoms with Crippen molar-refractivity contribution in [1.82, 2.24) is 0 Å². The van der Waals surface area contributed by atoms with Gasteiger partial charge in [0.25, 0.3) is 5.91 Å². The second-order valence-electron chi connectivity index (χ2n) is 5.53. The second-order valence-corrected chi connectivity index (χ2v) is 5.53. The predicted molar refractivity (Wildman–Crippen MR) is 94.9 cm³/mol. The van der Waals surface area contributed by atoms with Crippen molar-refractivity contribution in [1.29, 1.82) is 0 Å². The molecule has 0 aliphatic carbocycles. The Kier molecular flexibility index (Phi) is 3.43. The van der Waals surface area contributed by atoms with Crippen molar-refractivity contribution in [2.24, 2.45) is 0 Å². The second kappa shape index (κ2) is 5.74. The first-order valence-corrected chi connectivity index (χ1v) is 7.62. The van der Waals surface area contributed by atoms with E-state index in [1.54, 1.807) is 7.11 Å². The molecule has 1 amide bonds. The lowest BCUT2D eigenvalue weighted by Gasteiger charge is -2.11. The van der Waals surface area contributed by atoms with Crippen molar-refractivity contribution in [2.75, 3.05) is 17.7 Å². The van der Waals surface area contributed by atoms with Gasteiger partial charge in [0, 0.05) is 6.07 Å². The maximum Gasteiger partial charge on any atom is 0.257 e. The highest BCUT2D eigenvalue weighted by Gasteiger charge is 2.19. The number of carbonyl (C=O) groups is 1. The third-order valence-corrected chi connectivity index (χ3v) is 4.04. The average molecular weight is 315 g/mol. The zero-order valence-electron chi connectivity index (χ0n) is 13.1. The normalized spacial score (nSPS) is 12.3. The van der Waals surface area contributed by atoms with E-state index < -0.39 is 0 Å². The van der Waals surface area contributed by atoms with E-state index in [9.17, 15) is 4.79 Å². The van der Waals surface area contributed by atoms with Gasteiger partial charge in [0.2, 0.25) is 0 Å². The third-order valence-electron chi connectivity index (χ3n) is 4.04. The van der Waals surface area contributed by atoms with Crippen molar-refractivity contribution in [3.05, 3.63) is 72.3 Å². The Balaban J connectivity index is 1.81. The van der Waals surface area contributed by atoms with E-state index in [1.807, 2.05) is 60.7 Å². The SMILES string of the molecule is COc1[c]ccc(-c2ccc3c(c2)Nc2ccccc2NC3=O)c1. The number of ether oxygens (including phenoxy) is 1. The first-order chi connectivity index (χ1) is 11.7. The average Bonchev–Trinajstić information content (AvgIpc) is 2.77. The minimum Gasteiger partial charge on any atom is -0.496 e. The van der Waals surface area contributed by atoms with Gasteiger partial charge < -0.3 is 15.4 Å². The number of nitrogens with one attached hydrogen (secondary N) is 2. The van der Waals surface area contributed by atoms with E-state index in [-0.39, 0.29) is 5.91 Å². The molecule has 117 valence electrons. The van der Waals surface area contributed by atoms with Crippen LogP contribution in [-0.4, -0.2) is 13.0 Å². The maximum atomic E-state index is 12.4. The van der Waals surface area contributed by atoms with Gasteiger partial charge in [0.1, 0.15) is 5.75 Å². The van der Waals surface area contributed by atoms with Crippen LogP contribution in [0.3, 0.4) is 0 Å². The lowest BCUT2D eigenvalue weighted by molar-refractivity contribution is 0.102. The fourth-order valence-corrected chi connectivity index (χ4v) is 2.80. The quantitative estimate of drug-likeness (QED) is 0.733. The summed E-state index contributed by atoms with van der Waals surface area (Å²) in [5.41, 5.74) is 5.05. The molecule has 0 saturated carbocycles. The topological polar surface area (TPSA) is 50.4 Å². The van der Waals surface area contributed by atoms with Crippen LogP contribution in [0.1, 0.15) is 10.4 Å². The molecule has 0 spiro atoms. The molecule has 1 radical (unpaired) electrons. The van der Waals surface area contributed by atoms with Gasteiger partial charge in [-0.05, 0) is 47.5 Å². The van der Waals surface area contributed by atoms with Gasteiger partial charge in [-0.1, -0.05) is 24.3 Å². The number of carbonyl (C=O) groups excluding carboxylic acids is 1. The smallest absolute Gasteiger partial charge is 0.257 e. The number of benzene rings is 3. The summed E-state index contributed by atoms with van der Waals surface area (Å²) in [5, 5.41) is 6.28. The van der Waals surface area contributed by atoms with Crippen LogP contribution in [0.25, 0.3) is 11.1 Å². The summed E-state index contributed by atoms with van der Waals surface area (Å²) in [6.07, 6.45) is 0. The summed E-state index contributed by atoms with van der Waals surface area (Å²) in [5.74, 6) is 0.562. The van der Waals surface area contributed by atoms with E-state index in [1.165, 1.54) is 0 Å². The summed E-state index contributed by atoms with van der Waals surface area (Å²) in [6.45, 7) is 0. The van der Waals surface area contributed by atoms with Crippen LogP contribution >= 0.6 is 0 Å². The van der Waals surface area contributed by atoms with Crippen molar-refractivity contribution < 1.29 is 9.53 Å². The number of rotatable bonds is 2. The minimum atomic E-state index is -0.118. The molecular formula is C20H15N2O2. The molecule has 0 unspecified atom stereocenters. The Morgan fingerprint density at radius 3 is 2.42 bits per heavy atom. The van der Waals surface area contributed by atoms with Crippen LogP contribution < -0.4 is 15.4 Å². The van der Waals surface area contributed by atoms with Crippen LogP contribution in [0.5, 0.6) is 5.75 Å². The zero-order valence-corrected chi connectivity index (χ0v) is 13.1. The number of hydrogen-bond donors (Lipinski definition) is 2. The fourth-order valence-electron chi connectivity index (χ4n) is 2.80. The highest BCUT2D eigenvalue weighted by atomic mass is 16.5. The maximum absolute atomic E-state index is 12.4. The van der Waals surface area contributed by atoms with Gasteiger partial charge in [-0.3, -0.25) is 4.79 Å². The summed E-state index contributed by atoms with van der Waals surface area (Å²) in [7, 11) is 1.62. The molecule has 0 fully saturated rings. The number of para-hydroxylation sites is 2. The van der Waals surface area contributed by atoms with Gasteiger partial charge in [0.15, 0.2) is 0 Å². The molecule has 3 aromatic rings. The molecule has 0 atom stereocenters. The Bertz CT molecular complexity index is 934. The van der Waals surface area contributed by atoms with Gasteiger partial charge >= 0.3 is 0 Å². The van der Waals surface area contributed by atoms with E-state index in [0.29, 0.717) is 11.3 Å². The summed E-state index contributed by atoms with van der Waals surface area (Å²) in [6, 6.07) is 22.1. The zero-order chi connectivity index (χ0) is 16.5. The van der Waals surface area contributed by atoms with Crippen LogP contribution in [0, 0.1) is 6.07 Å². The minimum absolute atomic E-state index is 0.118. The van der Waals surface area contributed by atoms with Crippen LogP contribution in [-0.2, 0) is 0 Å². The van der Waals surface area contributed by atoms with Crippen molar-refractivity contribution >= 4 is 23.0 Å².